The Morgan fingerprint density at radius 1 is 0.488 bits per heavy atom. The minimum Gasteiger partial charge on any atom is -0.502 e. The van der Waals surface area contributed by atoms with E-state index < -0.39 is 13.4 Å². The van der Waals surface area contributed by atoms with Crippen LogP contribution in [0, 0.1) is 0 Å². The molecule has 0 radical (unpaired) electrons. The Balaban J connectivity index is 0. The molecule has 22 heteroatoms. The highest BCUT2D eigenvalue weighted by atomic mass is 79.9. The number of hydrogen-bond acceptors (Lipinski definition) is 19. The van der Waals surface area contributed by atoms with Crippen LogP contribution in [0.3, 0.4) is 0 Å². The summed E-state index contributed by atoms with van der Waals surface area (Å²) >= 11 is 6.78. The summed E-state index contributed by atoms with van der Waals surface area (Å²) < 4.78 is 83.3. The van der Waals surface area contributed by atoms with Crippen LogP contribution in [0.2, 0.25) is 0 Å². The van der Waals surface area contributed by atoms with Crippen molar-refractivity contribution >= 4 is 44.4 Å². The van der Waals surface area contributed by atoms with Gasteiger partial charge in [0.1, 0.15) is 54.9 Å². The van der Waals surface area contributed by atoms with E-state index >= 15 is 0 Å². The predicted molar refractivity (Wildman–Crippen MR) is 338 cm³/mol. The first kappa shape index (κ1) is 81.5. The molecule has 0 saturated carbocycles. The fourth-order valence-corrected chi connectivity index (χ4v) is 8.99. The summed E-state index contributed by atoms with van der Waals surface area (Å²) in [5, 5.41) is 36.2. The van der Waals surface area contributed by atoms with Crippen molar-refractivity contribution in [3.8, 4) is 46.0 Å². The van der Waals surface area contributed by atoms with E-state index in [4.69, 9.17) is 91.3 Å². The minimum absolute atomic E-state index is 0. The monoisotopic (exact) mass is 1320 g/mol. The third-order valence-corrected chi connectivity index (χ3v) is 13.4. The lowest BCUT2D eigenvalue weighted by atomic mass is 9.78. The Kier molecular flexibility index (Phi) is 44.4. The zero-order valence-corrected chi connectivity index (χ0v) is 51.7. The molecular formula is C62H101BBr2O19. The summed E-state index contributed by atoms with van der Waals surface area (Å²) in [5.41, 5.74) is 4.20. The second kappa shape index (κ2) is 45.7. The van der Waals surface area contributed by atoms with E-state index in [2.05, 4.69) is 31.9 Å². The van der Waals surface area contributed by atoms with E-state index in [1.165, 1.54) is 39.2 Å². The molecule has 0 aromatic heterocycles. The van der Waals surface area contributed by atoms with E-state index in [1.54, 1.807) is 61.1 Å². The van der Waals surface area contributed by atoms with Gasteiger partial charge in [-0.2, -0.15) is 0 Å². The first-order valence-corrected chi connectivity index (χ1v) is 28.1. The standard InChI is InChI=1S/C21H34O6.C14H19BrO4.C9H13BO5.C9H11BrO3.C5H8O.4CH4/c1-14(2)26-21(27-15(3)4)20-17(22-5)11-16(12-18(20)23-6)13-25-19-9-7-8-10-24-19;1-16-11-7-10(8-12(17-2)14(11)15)9-19-13-5-3-4-6-18-13;1-14-7-3-6(5-11)4-8(15-2)9(7)10(12)13;1-12-7-3-6(5-11)4-8(13-2)9(7)10;1-2-4-6-5-3-1;;;;/h11-12,14-15,19,21H,7-10,13H2,1-6H3;7-8,13H,3-6,9H2,1-2H3;3-4,11-13H,5H2,1-2H3;3-4,11H,5H2,1-2H3;2,4H,1,3,5H2;4*1H4. The predicted octanol–water partition coefficient (Wildman–Crippen LogP) is 12.8. The molecule has 2 unspecified atom stereocenters. The molecule has 480 valence electrons. The minimum atomic E-state index is -1.68. The van der Waals surface area contributed by atoms with Crippen LogP contribution in [0.5, 0.6) is 46.0 Å². The molecule has 4 aromatic carbocycles. The van der Waals surface area contributed by atoms with Crippen LogP contribution in [0.15, 0.2) is 69.8 Å². The van der Waals surface area contributed by atoms with Crippen molar-refractivity contribution in [2.75, 3.05) is 76.7 Å². The van der Waals surface area contributed by atoms with Crippen molar-refractivity contribution < 1.29 is 91.3 Å². The Morgan fingerprint density at radius 3 is 1.08 bits per heavy atom. The molecule has 0 spiro atoms. The molecule has 4 aromatic rings. The Labute approximate surface area is 519 Å². The van der Waals surface area contributed by atoms with Crippen molar-refractivity contribution in [1.82, 2.24) is 0 Å². The fourth-order valence-electron chi connectivity index (χ4n) is 7.88. The van der Waals surface area contributed by atoms with Crippen molar-refractivity contribution in [3.63, 3.8) is 0 Å². The maximum absolute atomic E-state index is 9.14. The third kappa shape index (κ3) is 27.9. The van der Waals surface area contributed by atoms with Gasteiger partial charge in [0.25, 0.3) is 0 Å². The van der Waals surface area contributed by atoms with Crippen LogP contribution >= 0.6 is 31.9 Å². The van der Waals surface area contributed by atoms with Gasteiger partial charge in [-0.1, -0.05) is 29.7 Å². The Hall–Kier alpha value is -4.56. The molecule has 4 N–H and O–H groups in total. The van der Waals surface area contributed by atoms with Crippen molar-refractivity contribution in [3.05, 3.63) is 97.6 Å². The average Bonchev–Trinajstić information content (AvgIpc) is 3.60. The second-order valence-corrected chi connectivity index (χ2v) is 20.0. The number of aliphatic hydroxyl groups excluding tert-OH is 2. The van der Waals surface area contributed by atoms with E-state index in [-0.39, 0.29) is 84.7 Å². The molecule has 0 aliphatic carbocycles. The fraction of sp³-hybridized carbons (Fsp3) is 0.581. The SMILES string of the molecule is C.C.C.C.C1=COCCC1.COc1cc(CO)cc(OC)c1B(O)O.COc1cc(CO)cc(OC)c1Br.COc1cc(COC2CCCCO2)cc(OC)c1Br.COc1cc(COC2CCCCO2)cc(OC)c1C(OC(C)C)OC(C)C. The number of allylic oxidation sites excluding steroid dienone is 1. The van der Waals surface area contributed by atoms with Crippen LogP contribution in [-0.2, 0) is 59.6 Å². The van der Waals surface area contributed by atoms with Gasteiger partial charge in [0.05, 0.1) is 119 Å². The maximum Gasteiger partial charge on any atom is 0.496 e. The zero-order chi connectivity index (χ0) is 59.0. The maximum atomic E-state index is 9.14. The van der Waals surface area contributed by atoms with Gasteiger partial charge in [-0.3, -0.25) is 0 Å². The molecule has 3 aliphatic heterocycles. The highest BCUT2D eigenvalue weighted by Crippen LogP contribution is 2.40. The number of aliphatic hydroxyl groups is 2. The molecule has 0 amide bonds. The van der Waals surface area contributed by atoms with Gasteiger partial charge >= 0.3 is 7.12 Å². The van der Waals surface area contributed by atoms with E-state index in [9.17, 15) is 0 Å². The van der Waals surface area contributed by atoms with Gasteiger partial charge in [-0.05, 0) is 188 Å². The summed E-state index contributed by atoms with van der Waals surface area (Å²) in [6.45, 7) is 11.1. The summed E-state index contributed by atoms with van der Waals surface area (Å²) in [6.07, 6.45) is 11.8. The summed E-state index contributed by atoms with van der Waals surface area (Å²) in [6, 6.07) is 14.3. The number of halogens is 2. The lowest BCUT2D eigenvalue weighted by Gasteiger charge is -2.27. The molecule has 84 heavy (non-hydrogen) atoms. The normalized spacial score (nSPS) is 14.8. The van der Waals surface area contributed by atoms with Gasteiger partial charge in [0, 0.05) is 13.2 Å². The number of methoxy groups -OCH3 is 8. The number of benzene rings is 4. The number of ether oxygens (including phenoxy) is 15. The van der Waals surface area contributed by atoms with Crippen molar-refractivity contribution in [2.45, 2.75) is 166 Å². The average molecular weight is 1320 g/mol. The van der Waals surface area contributed by atoms with E-state index in [0.29, 0.717) is 41.8 Å². The van der Waals surface area contributed by atoms with Gasteiger partial charge in [-0.25, -0.2) is 0 Å². The largest absolute Gasteiger partial charge is 0.502 e. The highest BCUT2D eigenvalue weighted by Gasteiger charge is 2.27. The third-order valence-electron chi connectivity index (χ3n) is 11.8. The quantitative estimate of drug-likeness (QED) is 0.0424. The number of hydrogen-bond donors (Lipinski definition) is 4. The second-order valence-electron chi connectivity index (χ2n) is 18.4. The lowest BCUT2D eigenvalue weighted by Crippen LogP contribution is -2.32. The Morgan fingerprint density at radius 2 is 0.833 bits per heavy atom. The van der Waals surface area contributed by atoms with Gasteiger partial charge in [-0.15, -0.1) is 0 Å². The van der Waals surface area contributed by atoms with E-state index in [1.807, 2.05) is 58.0 Å². The van der Waals surface area contributed by atoms with Crippen LogP contribution in [0.25, 0.3) is 0 Å². The van der Waals surface area contributed by atoms with Crippen molar-refractivity contribution in [1.29, 1.82) is 0 Å². The van der Waals surface area contributed by atoms with Gasteiger partial charge in [0.2, 0.25) is 0 Å². The summed E-state index contributed by atoms with van der Waals surface area (Å²) in [7, 11) is 10.8. The molecule has 3 heterocycles. The van der Waals surface area contributed by atoms with Crippen LogP contribution in [-0.4, -0.2) is 129 Å². The molecule has 0 bridgehead atoms. The Bertz CT molecular complexity index is 2280. The summed E-state index contributed by atoms with van der Waals surface area (Å²) in [4.78, 5) is 0. The molecule has 2 fully saturated rings. The van der Waals surface area contributed by atoms with E-state index in [0.717, 1.165) is 101 Å². The van der Waals surface area contributed by atoms with Gasteiger partial charge in [0.15, 0.2) is 18.9 Å². The number of rotatable bonds is 22. The lowest BCUT2D eigenvalue weighted by molar-refractivity contribution is -0.186. The van der Waals surface area contributed by atoms with Crippen LogP contribution in [0.1, 0.15) is 143 Å². The molecule has 2 atom stereocenters. The molecule has 19 nitrogen and oxygen atoms in total. The molecule has 2 saturated heterocycles. The topological polar surface area (TPSA) is 219 Å². The highest BCUT2D eigenvalue weighted by molar-refractivity contribution is 9.11. The first-order chi connectivity index (χ1) is 38.5. The molecule has 3 aliphatic rings. The van der Waals surface area contributed by atoms with Crippen LogP contribution < -0.4 is 43.4 Å². The first-order valence-electron chi connectivity index (χ1n) is 26.5. The molecule has 7 rings (SSSR count). The van der Waals surface area contributed by atoms with Gasteiger partial charge < -0.3 is 91.3 Å². The molecular weight excluding hydrogens is 1220 g/mol. The summed E-state index contributed by atoms with van der Waals surface area (Å²) in [5.74, 6) is 4.64. The van der Waals surface area contributed by atoms with Crippen molar-refractivity contribution in [2.24, 2.45) is 0 Å². The zero-order valence-electron chi connectivity index (χ0n) is 48.5. The smallest absolute Gasteiger partial charge is 0.496 e. The van der Waals surface area contributed by atoms with Crippen LogP contribution in [0.4, 0.5) is 0 Å².